The summed E-state index contributed by atoms with van der Waals surface area (Å²) in [5.41, 5.74) is 2.45. The van der Waals surface area contributed by atoms with Gasteiger partial charge in [-0.2, -0.15) is 0 Å². The Labute approximate surface area is 156 Å². The van der Waals surface area contributed by atoms with E-state index in [9.17, 15) is 9.59 Å². The second-order valence-electron chi connectivity index (χ2n) is 6.97. The fourth-order valence-electron chi connectivity index (χ4n) is 3.87. The predicted molar refractivity (Wildman–Crippen MR) is 95.4 cm³/mol. The first-order valence-corrected chi connectivity index (χ1v) is 9.98. The number of ether oxygens (including phenoxy) is 2. The minimum atomic E-state index is -0.247. The van der Waals surface area contributed by atoms with Crippen LogP contribution in [-0.4, -0.2) is 96.3 Å². The number of hydrogen-bond acceptors (Lipinski definition) is 7. The van der Waals surface area contributed by atoms with Crippen molar-refractivity contribution in [2.75, 3.05) is 52.5 Å². The molecule has 4 heterocycles. The first kappa shape index (κ1) is 17.7. The number of aromatic nitrogens is 1. The SMILES string of the molecule is Cc1ncsc1C(=O)N1C[C@H]2OC(=O)N(CCCN3CCOCC3)[C@H]2C1. The van der Waals surface area contributed by atoms with E-state index in [0.29, 0.717) is 24.5 Å². The van der Waals surface area contributed by atoms with Gasteiger partial charge in [-0.1, -0.05) is 0 Å². The molecule has 1 aromatic heterocycles. The summed E-state index contributed by atoms with van der Waals surface area (Å²) in [6, 6.07) is -0.0376. The van der Waals surface area contributed by atoms with Gasteiger partial charge in [0.15, 0.2) is 0 Å². The van der Waals surface area contributed by atoms with Crippen LogP contribution in [0.4, 0.5) is 4.79 Å². The molecule has 4 rings (SSSR count). The summed E-state index contributed by atoms with van der Waals surface area (Å²) in [5, 5.41) is 0. The zero-order chi connectivity index (χ0) is 18.1. The molecule has 0 unspecified atom stereocenters. The van der Waals surface area contributed by atoms with Crippen molar-refractivity contribution in [3.05, 3.63) is 16.1 Å². The van der Waals surface area contributed by atoms with Crippen LogP contribution in [-0.2, 0) is 9.47 Å². The number of fused-ring (bicyclic) bond motifs is 1. The van der Waals surface area contributed by atoms with Gasteiger partial charge in [-0.3, -0.25) is 14.6 Å². The highest BCUT2D eigenvalue weighted by Gasteiger charge is 2.48. The van der Waals surface area contributed by atoms with E-state index in [1.54, 1.807) is 15.3 Å². The van der Waals surface area contributed by atoms with Gasteiger partial charge in [-0.05, 0) is 13.3 Å². The van der Waals surface area contributed by atoms with E-state index in [2.05, 4.69) is 9.88 Å². The highest BCUT2D eigenvalue weighted by molar-refractivity contribution is 7.11. The van der Waals surface area contributed by atoms with Crippen LogP contribution in [0.2, 0.25) is 0 Å². The van der Waals surface area contributed by atoms with Gasteiger partial charge in [-0.25, -0.2) is 9.78 Å². The highest BCUT2D eigenvalue weighted by atomic mass is 32.1. The molecule has 9 heteroatoms. The second-order valence-corrected chi connectivity index (χ2v) is 7.82. The van der Waals surface area contributed by atoms with Crippen molar-refractivity contribution in [3.63, 3.8) is 0 Å². The lowest BCUT2D eigenvalue weighted by Gasteiger charge is -2.28. The number of rotatable bonds is 5. The number of nitrogens with zero attached hydrogens (tertiary/aromatic N) is 4. The van der Waals surface area contributed by atoms with E-state index in [0.717, 1.165) is 45.0 Å². The molecule has 0 spiro atoms. The minimum absolute atomic E-state index is 0.0104. The topological polar surface area (TPSA) is 75.2 Å². The van der Waals surface area contributed by atoms with Crippen molar-refractivity contribution in [3.8, 4) is 0 Å². The number of thiazole rings is 1. The smallest absolute Gasteiger partial charge is 0.410 e. The molecule has 0 radical (unpaired) electrons. The van der Waals surface area contributed by atoms with Crippen LogP contribution in [0, 0.1) is 6.92 Å². The lowest BCUT2D eigenvalue weighted by molar-refractivity contribution is 0.0362. The highest BCUT2D eigenvalue weighted by Crippen LogP contribution is 2.29. The van der Waals surface area contributed by atoms with Gasteiger partial charge in [0.05, 0.1) is 37.0 Å². The van der Waals surface area contributed by atoms with E-state index in [1.165, 1.54) is 11.3 Å². The molecule has 2 atom stereocenters. The molecule has 8 nitrogen and oxygen atoms in total. The fraction of sp³-hybridized carbons (Fsp3) is 0.706. The normalized spacial score (nSPS) is 26.3. The van der Waals surface area contributed by atoms with Gasteiger partial charge in [-0.15, -0.1) is 11.3 Å². The number of aryl methyl sites for hydroxylation is 1. The standard InChI is InChI=1S/C17H24N4O4S/c1-12-15(26-11-18-12)16(22)20-9-13-14(10-20)25-17(23)21(13)4-2-3-19-5-7-24-8-6-19/h11,13-14H,2-10H2,1H3/t13-,14+/m0/s1. The van der Waals surface area contributed by atoms with E-state index >= 15 is 0 Å². The van der Waals surface area contributed by atoms with E-state index in [4.69, 9.17) is 9.47 Å². The molecule has 142 valence electrons. The maximum atomic E-state index is 12.7. The molecule has 1 aromatic rings. The lowest BCUT2D eigenvalue weighted by Crippen LogP contribution is -2.42. The summed E-state index contributed by atoms with van der Waals surface area (Å²) in [6.45, 7) is 7.93. The third-order valence-corrected chi connectivity index (χ3v) is 6.24. The van der Waals surface area contributed by atoms with Crippen molar-refractivity contribution in [1.29, 1.82) is 0 Å². The summed E-state index contributed by atoms with van der Waals surface area (Å²) in [4.78, 5) is 35.7. The molecule has 3 aliphatic heterocycles. The average molecular weight is 380 g/mol. The van der Waals surface area contributed by atoms with Crippen LogP contribution in [0.1, 0.15) is 21.8 Å². The van der Waals surface area contributed by atoms with Gasteiger partial charge in [0.1, 0.15) is 11.0 Å². The molecular formula is C17H24N4O4S. The summed E-state index contributed by atoms with van der Waals surface area (Å²) in [7, 11) is 0. The molecule has 3 fully saturated rings. The molecule has 0 saturated carbocycles. The Hall–Kier alpha value is -1.71. The summed E-state index contributed by atoms with van der Waals surface area (Å²) in [6.07, 6.45) is 0.436. The average Bonchev–Trinajstić information content (AvgIpc) is 3.31. The fourth-order valence-corrected chi connectivity index (χ4v) is 4.64. The Morgan fingerprint density at radius 2 is 2.12 bits per heavy atom. The van der Waals surface area contributed by atoms with Crippen molar-refractivity contribution in [2.45, 2.75) is 25.5 Å². The van der Waals surface area contributed by atoms with Crippen molar-refractivity contribution >= 4 is 23.3 Å². The number of amides is 2. The first-order chi connectivity index (χ1) is 12.6. The molecule has 3 saturated heterocycles. The number of morpholine rings is 1. The van der Waals surface area contributed by atoms with Crippen LogP contribution in [0.3, 0.4) is 0 Å². The second kappa shape index (κ2) is 7.50. The maximum absolute atomic E-state index is 12.7. The minimum Gasteiger partial charge on any atom is -0.442 e. The molecule has 0 bridgehead atoms. The molecule has 26 heavy (non-hydrogen) atoms. The Morgan fingerprint density at radius 1 is 1.31 bits per heavy atom. The number of likely N-dealkylation sites (tertiary alicyclic amines) is 1. The Morgan fingerprint density at radius 3 is 2.85 bits per heavy atom. The lowest BCUT2D eigenvalue weighted by atomic mass is 10.2. The quantitative estimate of drug-likeness (QED) is 0.753. The monoisotopic (exact) mass is 380 g/mol. The Bertz CT molecular complexity index is 675. The molecule has 0 N–H and O–H groups in total. The van der Waals surface area contributed by atoms with E-state index < -0.39 is 0 Å². The molecule has 3 aliphatic rings. The van der Waals surface area contributed by atoms with Gasteiger partial charge < -0.3 is 14.4 Å². The van der Waals surface area contributed by atoms with Crippen LogP contribution in [0.5, 0.6) is 0 Å². The molecular weight excluding hydrogens is 356 g/mol. The summed E-state index contributed by atoms with van der Waals surface area (Å²) in [5.74, 6) is -0.0104. The number of carbonyl (C=O) groups excluding carboxylic acids is 2. The van der Waals surface area contributed by atoms with Crippen LogP contribution in [0.25, 0.3) is 0 Å². The van der Waals surface area contributed by atoms with Crippen molar-refractivity contribution in [1.82, 2.24) is 19.7 Å². The van der Waals surface area contributed by atoms with E-state index in [-0.39, 0.29) is 24.1 Å². The number of hydrogen-bond donors (Lipinski definition) is 0. The predicted octanol–water partition coefficient (Wildman–Crippen LogP) is 0.819. The van der Waals surface area contributed by atoms with Gasteiger partial charge in [0.2, 0.25) is 0 Å². The summed E-state index contributed by atoms with van der Waals surface area (Å²) >= 11 is 1.36. The Balaban J connectivity index is 1.32. The van der Waals surface area contributed by atoms with Crippen molar-refractivity contribution in [2.24, 2.45) is 0 Å². The van der Waals surface area contributed by atoms with Gasteiger partial charge >= 0.3 is 6.09 Å². The largest absolute Gasteiger partial charge is 0.442 e. The first-order valence-electron chi connectivity index (χ1n) is 9.10. The Kier molecular flexibility index (Phi) is 5.10. The van der Waals surface area contributed by atoms with Crippen LogP contribution >= 0.6 is 11.3 Å². The number of carbonyl (C=O) groups is 2. The third-order valence-electron chi connectivity index (χ3n) is 5.33. The zero-order valence-electron chi connectivity index (χ0n) is 14.9. The zero-order valence-corrected chi connectivity index (χ0v) is 15.7. The molecule has 2 amide bonds. The third kappa shape index (κ3) is 3.43. The van der Waals surface area contributed by atoms with Crippen molar-refractivity contribution < 1.29 is 19.1 Å². The van der Waals surface area contributed by atoms with Gasteiger partial charge in [0, 0.05) is 32.7 Å². The molecule has 0 aliphatic carbocycles. The van der Waals surface area contributed by atoms with E-state index in [1.807, 2.05) is 6.92 Å². The molecule has 0 aromatic carbocycles. The van der Waals surface area contributed by atoms with Gasteiger partial charge in [0.25, 0.3) is 5.91 Å². The summed E-state index contributed by atoms with van der Waals surface area (Å²) < 4.78 is 10.9. The maximum Gasteiger partial charge on any atom is 0.410 e. The van der Waals surface area contributed by atoms with Crippen LogP contribution in [0.15, 0.2) is 5.51 Å². The van der Waals surface area contributed by atoms with Crippen LogP contribution < -0.4 is 0 Å².